The van der Waals surface area contributed by atoms with E-state index >= 15 is 0 Å². The van der Waals surface area contributed by atoms with Crippen LogP contribution >= 0.6 is 11.3 Å². The predicted molar refractivity (Wildman–Crippen MR) is 92.1 cm³/mol. The zero-order valence-corrected chi connectivity index (χ0v) is 13.9. The molecule has 1 aromatic carbocycles. The summed E-state index contributed by atoms with van der Waals surface area (Å²) < 4.78 is 5.59. The van der Waals surface area contributed by atoms with E-state index in [1.165, 1.54) is 22.6 Å². The van der Waals surface area contributed by atoms with Crippen molar-refractivity contribution in [1.82, 2.24) is 15.2 Å². The number of ether oxygens (including phenoxy) is 1. The lowest BCUT2D eigenvalue weighted by molar-refractivity contribution is 0.0995. The molecule has 24 heavy (non-hydrogen) atoms. The molecule has 0 spiro atoms. The molecule has 0 atom stereocenters. The quantitative estimate of drug-likeness (QED) is 0.768. The van der Waals surface area contributed by atoms with Gasteiger partial charge in [0.2, 0.25) is 5.95 Å². The van der Waals surface area contributed by atoms with Crippen molar-refractivity contribution >= 4 is 28.9 Å². The Kier molecular flexibility index (Phi) is 3.78. The van der Waals surface area contributed by atoms with Gasteiger partial charge in [0.1, 0.15) is 12.1 Å². The van der Waals surface area contributed by atoms with Gasteiger partial charge >= 0.3 is 0 Å². The fourth-order valence-electron chi connectivity index (χ4n) is 2.81. The molecule has 1 fully saturated rings. The molecule has 2 aromatic heterocycles. The molecule has 122 valence electrons. The van der Waals surface area contributed by atoms with Gasteiger partial charge in [-0.15, -0.1) is 0 Å². The van der Waals surface area contributed by atoms with Gasteiger partial charge in [-0.1, -0.05) is 12.1 Å². The third-order valence-corrected chi connectivity index (χ3v) is 4.75. The maximum Gasteiger partial charge on any atom is 0.269 e. The Labute approximate surface area is 143 Å². The first-order valence-corrected chi connectivity index (χ1v) is 8.63. The number of nitrogens with zero attached hydrogens (tertiary/aromatic N) is 3. The van der Waals surface area contributed by atoms with Crippen LogP contribution in [0.5, 0.6) is 5.75 Å². The van der Waals surface area contributed by atoms with Crippen LogP contribution in [0.2, 0.25) is 0 Å². The van der Waals surface area contributed by atoms with Gasteiger partial charge in [0.25, 0.3) is 5.91 Å². The van der Waals surface area contributed by atoms with E-state index in [0.29, 0.717) is 23.2 Å². The Bertz CT molecular complexity index is 807. The van der Waals surface area contributed by atoms with Crippen LogP contribution in [0.25, 0.3) is 0 Å². The van der Waals surface area contributed by atoms with Gasteiger partial charge in [-0.2, -0.15) is 21.4 Å². The summed E-state index contributed by atoms with van der Waals surface area (Å²) in [4.78, 5) is 19.0. The van der Waals surface area contributed by atoms with Gasteiger partial charge < -0.3 is 4.74 Å². The molecule has 0 bridgehead atoms. The number of carbonyl (C=O) groups excluding carboxylic acids is 1. The summed E-state index contributed by atoms with van der Waals surface area (Å²) in [5.74, 6) is 1.35. The summed E-state index contributed by atoms with van der Waals surface area (Å²) in [6, 6.07) is 7.62. The largest absolute Gasteiger partial charge is 0.496 e. The Morgan fingerprint density at radius 3 is 2.88 bits per heavy atom. The molecule has 0 radical (unpaired) electrons. The van der Waals surface area contributed by atoms with Gasteiger partial charge in [-0.05, 0) is 41.8 Å². The maximum absolute atomic E-state index is 13.3. The number of amides is 1. The summed E-state index contributed by atoms with van der Waals surface area (Å²) in [5, 5.41) is 10.5. The van der Waals surface area contributed by atoms with Gasteiger partial charge in [0, 0.05) is 5.38 Å². The van der Waals surface area contributed by atoms with Crippen molar-refractivity contribution in [2.75, 3.05) is 12.0 Å². The number of aromatic nitrogens is 3. The second kappa shape index (κ2) is 6.09. The molecule has 7 heteroatoms. The van der Waals surface area contributed by atoms with Crippen LogP contribution in [-0.4, -0.2) is 28.2 Å². The molecule has 1 amide bonds. The van der Waals surface area contributed by atoms with Crippen molar-refractivity contribution in [1.29, 1.82) is 0 Å². The fraction of sp³-hybridized carbons (Fsp3) is 0.235. The second-order valence-corrected chi connectivity index (χ2v) is 6.41. The fourth-order valence-corrected chi connectivity index (χ4v) is 3.43. The standard InChI is InChI=1S/C17H16N4O2S/c1-23-15-13(11-5-6-11)3-2-4-14(15)16(22)21(12-7-8-24-9-12)17-18-10-19-20-17/h2-4,7-11H,5-6H2,1H3,(H,18,19,20). The van der Waals surface area contributed by atoms with Crippen LogP contribution < -0.4 is 9.64 Å². The lowest BCUT2D eigenvalue weighted by atomic mass is 10.0. The van der Waals surface area contributed by atoms with Crippen molar-refractivity contribution in [3.05, 3.63) is 52.5 Å². The van der Waals surface area contributed by atoms with Crippen molar-refractivity contribution in [3.8, 4) is 5.75 Å². The lowest BCUT2D eigenvalue weighted by Gasteiger charge is -2.20. The van der Waals surface area contributed by atoms with E-state index < -0.39 is 0 Å². The van der Waals surface area contributed by atoms with Crippen LogP contribution in [0.1, 0.15) is 34.7 Å². The summed E-state index contributed by atoms with van der Waals surface area (Å²) >= 11 is 1.52. The third-order valence-electron chi connectivity index (χ3n) is 4.08. The first kappa shape index (κ1) is 14.9. The number of benzene rings is 1. The van der Waals surface area contributed by atoms with Gasteiger partial charge in [0.15, 0.2) is 0 Å². The van der Waals surface area contributed by atoms with Crippen LogP contribution in [0.3, 0.4) is 0 Å². The Morgan fingerprint density at radius 2 is 2.25 bits per heavy atom. The van der Waals surface area contributed by atoms with Crippen molar-refractivity contribution in [2.24, 2.45) is 0 Å². The molecule has 0 saturated heterocycles. The molecule has 1 N–H and O–H groups in total. The zero-order valence-electron chi connectivity index (χ0n) is 13.1. The molecule has 3 aromatic rings. The number of rotatable bonds is 5. The summed E-state index contributed by atoms with van der Waals surface area (Å²) in [6.07, 6.45) is 3.68. The number of para-hydroxylation sites is 1. The number of hydrogen-bond acceptors (Lipinski definition) is 5. The predicted octanol–water partition coefficient (Wildman–Crippen LogP) is 3.73. The van der Waals surface area contributed by atoms with Crippen LogP contribution in [0.4, 0.5) is 11.6 Å². The summed E-state index contributed by atoms with van der Waals surface area (Å²) in [6.45, 7) is 0. The Morgan fingerprint density at radius 1 is 1.38 bits per heavy atom. The van der Waals surface area contributed by atoms with E-state index in [-0.39, 0.29) is 5.91 Å². The average Bonchev–Trinajstić information content (AvgIpc) is 3.08. The monoisotopic (exact) mass is 340 g/mol. The summed E-state index contributed by atoms with van der Waals surface area (Å²) in [7, 11) is 1.61. The number of aromatic amines is 1. The average molecular weight is 340 g/mol. The van der Waals surface area contributed by atoms with E-state index in [4.69, 9.17) is 4.74 Å². The maximum atomic E-state index is 13.3. The lowest BCUT2D eigenvalue weighted by Crippen LogP contribution is -2.27. The van der Waals surface area contributed by atoms with E-state index in [9.17, 15) is 4.79 Å². The zero-order chi connectivity index (χ0) is 16.5. The number of carbonyl (C=O) groups is 1. The number of H-pyrrole nitrogens is 1. The number of hydrogen-bond donors (Lipinski definition) is 1. The molecule has 6 nitrogen and oxygen atoms in total. The first-order chi connectivity index (χ1) is 11.8. The topological polar surface area (TPSA) is 71.1 Å². The highest BCUT2D eigenvalue weighted by Gasteiger charge is 2.31. The van der Waals surface area contributed by atoms with Crippen molar-refractivity contribution in [3.63, 3.8) is 0 Å². The van der Waals surface area contributed by atoms with Crippen LogP contribution in [0.15, 0.2) is 41.4 Å². The number of anilines is 2. The highest BCUT2D eigenvalue weighted by Crippen LogP contribution is 2.45. The minimum Gasteiger partial charge on any atom is -0.496 e. The van der Waals surface area contributed by atoms with E-state index in [1.54, 1.807) is 13.2 Å². The Balaban J connectivity index is 1.80. The molecule has 0 unspecified atom stereocenters. The highest BCUT2D eigenvalue weighted by atomic mass is 32.1. The minimum absolute atomic E-state index is 0.190. The SMILES string of the molecule is COc1c(C(=O)N(c2ccsc2)c2ncn[nH]2)cccc1C1CC1. The number of nitrogens with one attached hydrogen (secondary N) is 1. The molecule has 4 rings (SSSR count). The van der Waals surface area contributed by atoms with Gasteiger partial charge in [-0.25, -0.2) is 10.00 Å². The van der Waals surface area contributed by atoms with Gasteiger partial charge in [-0.3, -0.25) is 4.79 Å². The molecular formula is C17H16N4O2S. The molecule has 1 aliphatic carbocycles. The Hall–Kier alpha value is -2.67. The first-order valence-electron chi connectivity index (χ1n) is 7.68. The molecule has 2 heterocycles. The number of thiophene rings is 1. The van der Waals surface area contributed by atoms with E-state index in [2.05, 4.69) is 15.2 Å². The normalized spacial score (nSPS) is 13.7. The minimum atomic E-state index is -0.190. The van der Waals surface area contributed by atoms with E-state index in [1.807, 2.05) is 29.0 Å². The smallest absolute Gasteiger partial charge is 0.269 e. The third kappa shape index (κ3) is 2.56. The van der Waals surface area contributed by atoms with Crippen LogP contribution in [0, 0.1) is 0 Å². The van der Waals surface area contributed by atoms with Crippen molar-refractivity contribution in [2.45, 2.75) is 18.8 Å². The van der Waals surface area contributed by atoms with E-state index in [0.717, 1.165) is 24.1 Å². The second-order valence-electron chi connectivity index (χ2n) is 5.63. The molecule has 1 aliphatic rings. The molecule has 0 aliphatic heterocycles. The van der Waals surface area contributed by atoms with Gasteiger partial charge in [0.05, 0.1) is 18.4 Å². The highest BCUT2D eigenvalue weighted by molar-refractivity contribution is 7.08. The van der Waals surface area contributed by atoms with Crippen molar-refractivity contribution < 1.29 is 9.53 Å². The summed E-state index contributed by atoms with van der Waals surface area (Å²) in [5.41, 5.74) is 2.39. The van der Waals surface area contributed by atoms with Crippen LogP contribution in [-0.2, 0) is 0 Å². The number of methoxy groups -OCH3 is 1. The molecule has 1 saturated carbocycles. The molecular weight excluding hydrogens is 324 g/mol.